The van der Waals surface area contributed by atoms with Crippen molar-refractivity contribution in [1.82, 2.24) is 20.1 Å². The fourth-order valence-electron chi connectivity index (χ4n) is 3.85. The van der Waals surface area contributed by atoms with Crippen molar-refractivity contribution in [3.05, 3.63) is 75.8 Å². The number of aromatic amines is 1. The molecule has 1 amide bonds. The van der Waals surface area contributed by atoms with Gasteiger partial charge in [0.15, 0.2) is 0 Å². The minimum atomic E-state index is -4.83. The van der Waals surface area contributed by atoms with Crippen LogP contribution in [0.2, 0.25) is 0 Å². The number of H-pyrrole nitrogens is 1. The maximum atomic E-state index is 13.1. The summed E-state index contributed by atoms with van der Waals surface area (Å²) in [5.41, 5.74) is -2.23. The molecule has 3 heterocycles. The van der Waals surface area contributed by atoms with Crippen LogP contribution in [0.1, 0.15) is 21.5 Å². The molecule has 37 heavy (non-hydrogen) atoms. The summed E-state index contributed by atoms with van der Waals surface area (Å²) in [5.74, 6) is 0.960. The van der Waals surface area contributed by atoms with E-state index in [1.165, 1.54) is 6.20 Å². The fourth-order valence-corrected chi connectivity index (χ4v) is 3.85. The molecule has 0 saturated carbocycles. The largest absolute Gasteiger partial charge is 0.492 e. The molecule has 1 aliphatic rings. The Morgan fingerprint density at radius 1 is 1.16 bits per heavy atom. The summed E-state index contributed by atoms with van der Waals surface area (Å²) in [4.78, 5) is 32.6. The van der Waals surface area contributed by atoms with Gasteiger partial charge < -0.3 is 19.9 Å². The van der Waals surface area contributed by atoms with Gasteiger partial charge in [-0.1, -0.05) is 6.07 Å². The molecule has 4 rings (SSSR count). The topological polar surface area (TPSA) is 127 Å². The summed E-state index contributed by atoms with van der Waals surface area (Å²) in [5, 5.41) is 16.6. The smallest absolute Gasteiger partial charge is 0.423 e. The Morgan fingerprint density at radius 2 is 1.95 bits per heavy atom. The van der Waals surface area contributed by atoms with Crippen LogP contribution in [0.4, 0.5) is 24.7 Å². The minimum Gasteiger partial charge on any atom is -0.492 e. The van der Waals surface area contributed by atoms with Gasteiger partial charge in [0.05, 0.1) is 17.4 Å². The molecule has 2 N–H and O–H groups in total. The zero-order chi connectivity index (χ0) is 26.4. The lowest BCUT2D eigenvalue weighted by Gasteiger charge is -2.35. The van der Waals surface area contributed by atoms with E-state index in [1.54, 1.807) is 46.4 Å². The van der Waals surface area contributed by atoms with Crippen LogP contribution in [0.5, 0.6) is 5.75 Å². The van der Waals surface area contributed by atoms with E-state index in [2.05, 4.69) is 15.4 Å². The Morgan fingerprint density at radius 3 is 2.62 bits per heavy atom. The standard InChI is InChI=1S/C24H22F3N7O3/c25-24(26,27)21-19(15-31-32-22(21)35)29-6-11-37-18-3-1-2-17(12-18)23(36)34-9-7-33(8-10-34)20-5-4-16(13-28)14-30-20/h1-5,12,14-15H,6-11H2,(H2,29,32,35). The summed E-state index contributed by atoms with van der Waals surface area (Å²) in [6.07, 6.45) is -2.43. The Bertz CT molecular complexity index is 1350. The van der Waals surface area contributed by atoms with Gasteiger partial charge in [-0.15, -0.1) is 0 Å². The first-order chi connectivity index (χ1) is 17.8. The lowest BCUT2D eigenvalue weighted by atomic mass is 10.1. The van der Waals surface area contributed by atoms with Crippen molar-refractivity contribution >= 4 is 17.4 Å². The molecule has 0 radical (unpaired) electrons. The fraction of sp³-hybridized carbons (Fsp3) is 0.292. The van der Waals surface area contributed by atoms with Crippen molar-refractivity contribution in [1.29, 1.82) is 5.26 Å². The maximum absolute atomic E-state index is 13.1. The number of ether oxygens (including phenoxy) is 1. The van der Waals surface area contributed by atoms with Crippen molar-refractivity contribution < 1.29 is 22.7 Å². The first-order valence-electron chi connectivity index (χ1n) is 11.3. The van der Waals surface area contributed by atoms with Gasteiger partial charge in [0.1, 0.15) is 29.8 Å². The molecule has 3 aromatic rings. The number of nitrogens with zero attached hydrogens (tertiary/aromatic N) is 5. The predicted octanol–water partition coefficient (Wildman–Crippen LogP) is 2.51. The Balaban J connectivity index is 1.30. The van der Waals surface area contributed by atoms with Crippen molar-refractivity contribution in [3.63, 3.8) is 0 Å². The number of pyridine rings is 1. The highest BCUT2D eigenvalue weighted by atomic mass is 19.4. The summed E-state index contributed by atoms with van der Waals surface area (Å²) >= 11 is 0. The number of anilines is 2. The van der Waals surface area contributed by atoms with Gasteiger partial charge in [-0.25, -0.2) is 10.1 Å². The van der Waals surface area contributed by atoms with Gasteiger partial charge in [0.25, 0.3) is 11.5 Å². The van der Waals surface area contributed by atoms with Gasteiger partial charge in [0, 0.05) is 44.5 Å². The highest BCUT2D eigenvalue weighted by Gasteiger charge is 2.37. The van der Waals surface area contributed by atoms with Crippen LogP contribution in [0.15, 0.2) is 53.6 Å². The lowest BCUT2D eigenvalue weighted by molar-refractivity contribution is -0.138. The van der Waals surface area contributed by atoms with E-state index >= 15 is 0 Å². The zero-order valence-electron chi connectivity index (χ0n) is 19.5. The maximum Gasteiger partial charge on any atom is 0.423 e. The third kappa shape index (κ3) is 6.16. The number of benzene rings is 1. The van der Waals surface area contributed by atoms with Crippen LogP contribution >= 0.6 is 0 Å². The van der Waals surface area contributed by atoms with Crippen molar-refractivity contribution in [3.8, 4) is 11.8 Å². The van der Waals surface area contributed by atoms with Crippen LogP contribution in [-0.2, 0) is 6.18 Å². The monoisotopic (exact) mass is 513 g/mol. The SMILES string of the molecule is N#Cc1ccc(N2CCN(C(=O)c3cccc(OCCNc4cn[nH]c(=O)c4C(F)(F)F)c3)CC2)nc1. The third-order valence-electron chi connectivity index (χ3n) is 5.67. The molecule has 1 aliphatic heterocycles. The van der Waals surface area contributed by atoms with Gasteiger partial charge >= 0.3 is 6.18 Å². The van der Waals surface area contributed by atoms with Crippen molar-refractivity contribution in [2.75, 3.05) is 49.5 Å². The number of nitrogens with one attached hydrogen (secondary N) is 2. The first-order valence-corrected chi connectivity index (χ1v) is 11.3. The third-order valence-corrected chi connectivity index (χ3v) is 5.67. The average Bonchev–Trinajstić information content (AvgIpc) is 2.90. The van der Waals surface area contributed by atoms with Gasteiger partial charge in [0.2, 0.25) is 0 Å². The predicted molar refractivity (Wildman–Crippen MR) is 127 cm³/mol. The molecule has 10 nitrogen and oxygen atoms in total. The zero-order valence-corrected chi connectivity index (χ0v) is 19.5. The minimum absolute atomic E-state index is 0.0159. The second-order valence-electron chi connectivity index (χ2n) is 8.08. The summed E-state index contributed by atoms with van der Waals surface area (Å²) < 4.78 is 45.0. The number of aromatic nitrogens is 3. The second-order valence-corrected chi connectivity index (χ2v) is 8.08. The molecule has 1 aromatic carbocycles. The van der Waals surface area contributed by atoms with Crippen LogP contribution in [0.3, 0.4) is 0 Å². The first kappa shape index (κ1) is 25.5. The number of hydrogen-bond donors (Lipinski definition) is 2. The van der Waals surface area contributed by atoms with E-state index in [-0.39, 0.29) is 19.1 Å². The number of halogens is 3. The number of piperazine rings is 1. The summed E-state index contributed by atoms with van der Waals surface area (Å²) in [6, 6.07) is 12.1. The number of carbonyl (C=O) groups excluding carboxylic acids is 1. The van der Waals surface area contributed by atoms with E-state index in [9.17, 15) is 22.8 Å². The second kappa shape index (κ2) is 11.0. The summed E-state index contributed by atoms with van der Waals surface area (Å²) in [7, 11) is 0. The molecule has 13 heteroatoms. The molecule has 0 spiro atoms. The molecule has 0 bridgehead atoms. The number of hydrogen-bond acceptors (Lipinski definition) is 8. The van der Waals surface area contributed by atoms with Crippen LogP contribution in [-0.4, -0.2) is 65.3 Å². The molecular weight excluding hydrogens is 491 g/mol. The molecule has 0 unspecified atom stereocenters. The Labute approximate surface area is 209 Å². The molecule has 1 saturated heterocycles. The number of alkyl halides is 3. The normalized spacial score (nSPS) is 13.7. The van der Waals surface area contributed by atoms with Crippen LogP contribution in [0.25, 0.3) is 0 Å². The van der Waals surface area contributed by atoms with Crippen molar-refractivity contribution in [2.45, 2.75) is 6.18 Å². The van der Waals surface area contributed by atoms with Crippen LogP contribution < -0.4 is 20.5 Å². The number of amides is 1. The molecule has 192 valence electrons. The van der Waals surface area contributed by atoms with E-state index in [4.69, 9.17) is 10.00 Å². The lowest BCUT2D eigenvalue weighted by Crippen LogP contribution is -2.49. The number of nitriles is 1. The number of rotatable bonds is 7. The van der Waals surface area contributed by atoms with E-state index < -0.39 is 23.0 Å². The molecular formula is C24H22F3N7O3. The average molecular weight is 513 g/mol. The molecule has 0 atom stereocenters. The molecule has 2 aromatic heterocycles. The Hall–Kier alpha value is -4.60. The van der Waals surface area contributed by atoms with Crippen molar-refractivity contribution in [2.24, 2.45) is 0 Å². The van der Waals surface area contributed by atoms with Gasteiger partial charge in [-0.05, 0) is 30.3 Å². The van der Waals surface area contributed by atoms with Gasteiger partial charge in [-0.3, -0.25) is 9.59 Å². The number of carbonyl (C=O) groups is 1. The summed E-state index contributed by atoms with van der Waals surface area (Å²) in [6.45, 7) is 2.10. The van der Waals surface area contributed by atoms with E-state index in [0.29, 0.717) is 43.1 Å². The quantitative estimate of drug-likeness (QED) is 0.462. The Kier molecular flexibility index (Phi) is 7.57. The highest BCUT2D eigenvalue weighted by Crippen LogP contribution is 2.31. The van der Waals surface area contributed by atoms with Gasteiger partial charge in [-0.2, -0.15) is 23.5 Å². The van der Waals surface area contributed by atoms with E-state index in [1.807, 2.05) is 11.0 Å². The van der Waals surface area contributed by atoms with Crippen LogP contribution in [0, 0.1) is 11.3 Å². The molecule has 0 aliphatic carbocycles. The molecule has 1 fully saturated rings. The van der Waals surface area contributed by atoms with E-state index in [0.717, 1.165) is 12.0 Å². The highest BCUT2D eigenvalue weighted by molar-refractivity contribution is 5.94.